The molecule has 0 saturated heterocycles. The Morgan fingerprint density at radius 2 is 1.93 bits per heavy atom. The molecule has 0 unspecified atom stereocenters. The third-order valence-corrected chi connectivity index (χ3v) is 4.80. The minimum atomic E-state index is -0.210. The molecule has 0 atom stereocenters. The molecular formula is C23H17N3O3. The van der Waals surface area contributed by atoms with E-state index in [1.807, 2.05) is 54.6 Å². The van der Waals surface area contributed by atoms with E-state index >= 15 is 0 Å². The molecule has 29 heavy (non-hydrogen) atoms. The third-order valence-electron chi connectivity index (χ3n) is 4.80. The minimum absolute atomic E-state index is 0.210. The molecule has 1 aliphatic heterocycles. The maximum absolute atomic E-state index is 12.4. The van der Waals surface area contributed by atoms with Gasteiger partial charge in [0.05, 0.1) is 35.0 Å². The molecule has 0 radical (unpaired) electrons. The summed E-state index contributed by atoms with van der Waals surface area (Å²) in [5, 5.41) is 5.56. The molecule has 0 fully saturated rings. The number of aromatic nitrogens is 2. The summed E-state index contributed by atoms with van der Waals surface area (Å²) < 4.78 is 11.2. The van der Waals surface area contributed by atoms with E-state index in [4.69, 9.17) is 9.15 Å². The first-order valence-corrected chi connectivity index (χ1v) is 9.19. The summed E-state index contributed by atoms with van der Waals surface area (Å²) >= 11 is 0. The molecule has 1 aliphatic rings. The SMILES string of the molecule is O=c1[nH][nH]c(-c2ccoc2)c1/C=C1\C=Nc2cccc(OCc3ccccc3)c21. The number of aliphatic imine (C=N–C) groups is 1. The number of hydrogen-bond donors (Lipinski definition) is 2. The van der Waals surface area contributed by atoms with Crippen molar-refractivity contribution in [1.29, 1.82) is 0 Å². The number of aromatic amines is 2. The standard InChI is InChI=1S/C23H17N3O3/c27-23-18(22(25-26-23)16-9-10-28-14-16)11-17-12-24-19-7-4-8-20(21(17)19)29-13-15-5-2-1-3-6-15/h1-12,14H,13H2,(H2,25,26,27)/b17-11+. The number of nitrogens with one attached hydrogen (secondary N) is 2. The Morgan fingerprint density at radius 1 is 1.03 bits per heavy atom. The molecular weight excluding hydrogens is 366 g/mol. The fourth-order valence-electron chi connectivity index (χ4n) is 3.38. The minimum Gasteiger partial charge on any atom is -0.488 e. The molecule has 0 bridgehead atoms. The molecule has 2 aromatic carbocycles. The van der Waals surface area contributed by atoms with Gasteiger partial charge in [-0.1, -0.05) is 36.4 Å². The second kappa shape index (κ2) is 7.16. The molecule has 2 N–H and O–H groups in total. The highest BCUT2D eigenvalue weighted by Gasteiger charge is 2.20. The average molecular weight is 383 g/mol. The van der Waals surface area contributed by atoms with Crippen LogP contribution in [0.4, 0.5) is 5.69 Å². The number of nitrogens with zero attached hydrogens (tertiary/aromatic N) is 1. The van der Waals surface area contributed by atoms with Crippen LogP contribution in [0.5, 0.6) is 5.75 Å². The van der Waals surface area contributed by atoms with E-state index < -0.39 is 0 Å². The first kappa shape index (κ1) is 17.1. The normalized spacial score (nSPS) is 13.7. The molecule has 6 nitrogen and oxygen atoms in total. The van der Waals surface area contributed by atoms with Crippen LogP contribution in [0.3, 0.4) is 0 Å². The van der Waals surface area contributed by atoms with Crippen molar-refractivity contribution in [3.05, 3.63) is 94.2 Å². The highest BCUT2D eigenvalue weighted by molar-refractivity contribution is 6.22. The lowest BCUT2D eigenvalue weighted by molar-refractivity contribution is 0.305. The summed E-state index contributed by atoms with van der Waals surface area (Å²) in [7, 11) is 0. The van der Waals surface area contributed by atoms with Crippen molar-refractivity contribution < 1.29 is 9.15 Å². The largest absolute Gasteiger partial charge is 0.488 e. The van der Waals surface area contributed by atoms with E-state index in [9.17, 15) is 4.79 Å². The number of rotatable bonds is 5. The van der Waals surface area contributed by atoms with E-state index in [1.165, 1.54) is 0 Å². The Balaban J connectivity index is 1.53. The van der Waals surface area contributed by atoms with Crippen molar-refractivity contribution in [2.75, 3.05) is 0 Å². The summed E-state index contributed by atoms with van der Waals surface area (Å²) in [6.45, 7) is 0.454. The van der Waals surface area contributed by atoms with Gasteiger partial charge < -0.3 is 9.15 Å². The fourth-order valence-corrected chi connectivity index (χ4v) is 3.38. The monoisotopic (exact) mass is 383 g/mol. The molecule has 2 aromatic heterocycles. The predicted molar refractivity (Wildman–Crippen MR) is 112 cm³/mol. The number of furan rings is 1. The lowest BCUT2D eigenvalue weighted by Crippen LogP contribution is -2.02. The number of H-pyrrole nitrogens is 2. The quantitative estimate of drug-likeness (QED) is 0.519. The van der Waals surface area contributed by atoms with Gasteiger partial charge in [0, 0.05) is 17.4 Å². The van der Waals surface area contributed by atoms with Crippen LogP contribution in [0.1, 0.15) is 16.7 Å². The Hall–Kier alpha value is -4.06. The third kappa shape index (κ3) is 3.21. The smallest absolute Gasteiger partial charge is 0.271 e. The van der Waals surface area contributed by atoms with E-state index in [-0.39, 0.29) is 5.56 Å². The molecule has 3 heterocycles. The van der Waals surface area contributed by atoms with Crippen LogP contribution < -0.4 is 10.3 Å². The van der Waals surface area contributed by atoms with Crippen molar-refractivity contribution in [3.8, 4) is 17.0 Å². The summed E-state index contributed by atoms with van der Waals surface area (Å²) in [5.74, 6) is 0.729. The van der Waals surface area contributed by atoms with Crippen LogP contribution >= 0.6 is 0 Å². The Kier molecular flexibility index (Phi) is 4.22. The molecule has 0 saturated carbocycles. The molecule has 4 aromatic rings. The highest BCUT2D eigenvalue weighted by atomic mass is 16.5. The van der Waals surface area contributed by atoms with Gasteiger partial charge in [0.15, 0.2) is 0 Å². The van der Waals surface area contributed by atoms with Gasteiger partial charge in [0.1, 0.15) is 12.4 Å². The second-order valence-electron chi connectivity index (χ2n) is 6.66. The van der Waals surface area contributed by atoms with Gasteiger partial charge in [-0.05, 0) is 29.8 Å². The maximum Gasteiger partial charge on any atom is 0.271 e. The molecule has 5 rings (SSSR count). The molecule has 142 valence electrons. The van der Waals surface area contributed by atoms with E-state index in [0.29, 0.717) is 17.9 Å². The van der Waals surface area contributed by atoms with E-state index in [1.54, 1.807) is 24.8 Å². The lowest BCUT2D eigenvalue weighted by atomic mass is 10.0. The topological polar surface area (TPSA) is 83.4 Å². The van der Waals surface area contributed by atoms with Gasteiger partial charge >= 0.3 is 0 Å². The Labute approximate surface area is 166 Å². The highest BCUT2D eigenvalue weighted by Crippen LogP contribution is 2.40. The molecule has 0 aliphatic carbocycles. The van der Waals surface area contributed by atoms with Gasteiger partial charge in [0.25, 0.3) is 5.56 Å². The van der Waals surface area contributed by atoms with Gasteiger partial charge in [-0.15, -0.1) is 0 Å². The zero-order valence-electron chi connectivity index (χ0n) is 15.4. The van der Waals surface area contributed by atoms with Gasteiger partial charge in [-0.3, -0.25) is 20.0 Å². The van der Waals surface area contributed by atoms with Crippen LogP contribution in [0.2, 0.25) is 0 Å². The Bertz CT molecular complexity index is 1260. The second-order valence-corrected chi connectivity index (χ2v) is 6.66. The van der Waals surface area contributed by atoms with Crippen LogP contribution in [0.15, 0.2) is 81.3 Å². The van der Waals surface area contributed by atoms with Gasteiger partial charge in [0.2, 0.25) is 0 Å². The van der Waals surface area contributed by atoms with Gasteiger partial charge in [-0.25, -0.2) is 0 Å². The number of fused-ring (bicyclic) bond motifs is 1. The lowest BCUT2D eigenvalue weighted by Gasteiger charge is -2.11. The van der Waals surface area contributed by atoms with Crippen LogP contribution in [0, 0.1) is 0 Å². The van der Waals surface area contributed by atoms with Crippen molar-refractivity contribution in [3.63, 3.8) is 0 Å². The summed E-state index contributed by atoms with van der Waals surface area (Å²) in [4.78, 5) is 16.9. The van der Waals surface area contributed by atoms with Crippen LogP contribution in [0.25, 0.3) is 22.9 Å². The van der Waals surface area contributed by atoms with E-state index in [0.717, 1.165) is 33.7 Å². The van der Waals surface area contributed by atoms with E-state index in [2.05, 4.69) is 15.2 Å². The summed E-state index contributed by atoms with van der Waals surface area (Å²) in [6.07, 6.45) is 6.74. The summed E-state index contributed by atoms with van der Waals surface area (Å²) in [5.41, 5.74) is 5.36. The number of allylic oxidation sites excluding steroid dienone is 1. The zero-order valence-corrected chi connectivity index (χ0v) is 15.4. The van der Waals surface area contributed by atoms with Crippen molar-refractivity contribution >= 4 is 23.6 Å². The van der Waals surface area contributed by atoms with Crippen molar-refractivity contribution in [1.82, 2.24) is 10.2 Å². The fraction of sp³-hybridized carbons (Fsp3) is 0.0435. The molecule has 0 spiro atoms. The van der Waals surface area contributed by atoms with Gasteiger partial charge in [-0.2, -0.15) is 0 Å². The number of hydrogen-bond acceptors (Lipinski definition) is 4. The molecule has 0 amide bonds. The zero-order chi connectivity index (χ0) is 19.6. The summed E-state index contributed by atoms with van der Waals surface area (Å²) in [6, 6.07) is 17.6. The first-order valence-electron chi connectivity index (χ1n) is 9.19. The van der Waals surface area contributed by atoms with Crippen molar-refractivity contribution in [2.24, 2.45) is 4.99 Å². The predicted octanol–water partition coefficient (Wildman–Crippen LogP) is 4.80. The number of benzene rings is 2. The average Bonchev–Trinajstić information content (AvgIpc) is 3.49. The molecule has 6 heteroatoms. The maximum atomic E-state index is 12.4. The van der Waals surface area contributed by atoms with Crippen LogP contribution in [-0.4, -0.2) is 16.4 Å². The Morgan fingerprint density at radius 3 is 2.76 bits per heavy atom. The van der Waals surface area contributed by atoms with Crippen LogP contribution in [-0.2, 0) is 6.61 Å². The van der Waals surface area contributed by atoms with Crippen molar-refractivity contribution in [2.45, 2.75) is 6.61 Å². The number of ether oxygens (including phenoxy) is 1. The first-order chi connectivity index (χ1) is 14.3.